The molecular weight excluding hydrogens is 246 g/mol. The van der Waals surface area contributed by atoms with Crippen molar-refractivity contribution in [3.05, 3.63) is 23.8 Å². The van der Waals surface area contributed by atoms with Gasteiger partial charge in [-0.2, -0.15) is 8.42 Å². The number of aromatic hydroxyl groups is 1. The second-order valence-corrected chi connectivity index (χ2v) is 4.82. The highest BCUT2D eigenvalue weighted by atomic mass is 32.2. The highest BCUT2D eigenvalue weighted by Crippen LogP contribution is 2.20. The molecule has 0 bridgehead atoms. The van der Waals surface area contributed by atoms with E-state index in [4.69, 9.17) is 9.29 Å². The molecule has 1 rings (SSSR count). The number of phenols is 1. The third kappa shape index (κ3) is 4.83. The normalized spacial score (nSPS) is 11.9. The molecule has 0 amide bonds. The Balaban J connectivity index is 2.70. The molecule has 17 heavy (non-hydrogen) atoms. The van der Waals surface area contributed by atoms with Crippen LogP contribution in [0.15, 0.2) is 23.2 Å². The Hall–Kier alpha value is -1.60. The monoisotopic (exact) mass is 259 g/mol. The van der Waals surface area contributed by atoms with Crippen LogP contribution in [0.2, 0.25) is 0 Å². The van der Waals surface area contributed by atoms with E-state index in [2.05, 4.69) is 4.99 Å². The van der Waals surface area contributed by atoms with Crippen molar-refractivity contribution in [3.8, 4) is 11.5 Å². The molecule has 94 valence electrons. The van der Waals surface area contributed by atoms with Crippen molar-refractivity contribution in [2.24, 2.45) is 4.99 Å². The number of benzene rings is 1. The van der Waals surface area contributed by atoms with Gasteiger partial charge in [0.1, 0.15) is 11.5 Å². The lowest BCUT2D eigenvalue weighted by Gasteiger charge is -2.02. The van der Waals surface area contributed by atoms with E-state index in [1.54, 1.807) is 12.1 Å². The first-order valence-corrected chi connectivity index (χ1v) is 6.35. The minimum Gasteiger partial charge on any atom is -0.507 e. The zero-order valence-electron chi connectivity index (χ0n) is 9.20. The van der Waals surface area contributed by atoms with Crippen LogP contribution in [0, 0.1) is 0 Å². The van der Waals surface area contributed by atoms with Crippen LogP contribution in [0.5, 0.6) is 11.5 Å². The first-order chi connectivity index (χ1) is 7.92. The second kappa shape index (κ2) is 5.65. The highest BCUT2D eigenvalue weighted by molar-refractivity contribution is 7.85. The van der Waals surface area contributed by atoms with E-state index in [0.29, 0.717) is 11.3 Å². The van der Waals surface area contributed by atoms with E-state index in [1.807, 2.05) is 0 Å². The van der Waals surface area contributed by atoms with Crippen LogP contribution in [0.4, 0.5) is 0 Å². The maximum absolute atomic E-state index is 10.4. The Morgan fingerprint density at radius 3 is 2.76 bits per heavy atom. The minimum atomic E-state index is -4.00. The summed E-state index contributed by atoms with van der Waals surface area (Å²) < 4.78 is 34.3. The van der Waals surface area contributed by atoms with Crippen molar-refractivity contribution in [2.75, 3.05) is 19.4 Å². The SMILES string of the molecule is COc1ccc(O)c(C=NCCS(=O)(=O)O)c1. The predicted octanol–water partition coefficient (Wildman–Crippen LogP) is 0.708. The molecule has 0 aliphatic carbocycles. The molecule has 1 aromatic carbocycles. The summed E-state index contributed by atoms with van der Waals surface area (Å²) in [5.74, 6) is 0.120. The average Bonchev–Trinajstić information content (AvgIpc) is 2.25. The van der Waals surface area contributed by atoms with Crippen LogP contribution in [0.1, 0.15) is 5.56 Å². The van der Waals surface area contributed by atoms with Crippen LogP contribution < -0.4 is 4.74 Å². The van der Waals surface area contributed by atoms with Crippen molar-refractivity contribution < 1.29 is 22.8 Å². The molecule has 0 heterocycles. The molecule has 0 atom stereocenters. The van der Waals surface area contributed by atoms with Gasteiger partial charge in [-0.25, -0.2) is 0 Å². The van der Waals surface area contributed by atoms with Crippen LogP contribution in [-0.4, -0.2) is 43.7 Å². The molecule has 6 nitrogen and oxygen atoms in total. The molecule has 0 aliphatic heterocycles. The minimum absolute atomic E-state index is 0.0152. The topological polar surface area (TPSA) is 96.2 Å². The molecule has 0 unspecified atom stereocenters. The van der Waals surface area contributed by atoms with E-state index >= 15 is 0 Å². The van der Waals surface area contributed by atoms with Gasteiger partial charge in [-0.15, -0.1) is 0 Å². The summed E-state index contributed by atoms with van der Waals surface area (Å²) in [6.07, 6.45) is 1.32. The second-order valence-electron chi connectivity index (χ2n) is 3.25. The smallest absolute Gasteiger partial charge is 0.266 e. The molecule has 7 heteroatoms. The zero-order valence-corrected chi connectivity index (χ0v) is 10.0. The third-order valence-corrected chi connectivity index (χ3v) is 2.64. The van der Waals surface area contributed by atoms with Gasteiger partial charge in [-0.3, -0.25) is 9.55 Å². The fourth-order valence-electron chi connectivity index (χ4n) is 1.09. The number of phenolic OH excluding ortho intramolecular Hbond substituents is 1. The van der Waals surface area contributed by atoms with Gasteiger partial charge in [-0.1, -0.05) is 0 Å². The van der Waals surface area contributed by atoms with Crippen molar-refractivity contribution in [1.29, 1.82) is 0 Å². The molecule has 0 radical (unpaired) electrons. The Bertz CT molecular complexity index is 509. The summed E-state index contributed by atoms with van der Waals surface area (Å²) in [5.41, 5.74) is 0.416. The first-order valence-electron chi connectivity index (χ1n) is 4.74. The number of methoxy groups -OCH3 is 1. The summed E-state index contributed by atoms with van der Waals surface area (Å²) in [7, 11) is -2.51. The number of rotatable bonds is 5. The van der Waals surface area contributed by atoms with E-state index in [1.165, 1.54) is 19.4 Å². The van der Waals surface area contributed by atoms with Gasteiger partial charge >= 0.3 is 0 Å². The fourth-order valence-corrected chi connectivity index (χ4v) is 1.43. The fraction of sp³-hybridized carbons (Fsp3) is 0.300. The highest BCUT2D eigenvalue weighted by Gasteiger charge is 2.03. The van der Waals surface area contributed by atoms with E-state index in [-0.39, 0.29) is 12.3 Å². The van der Waals surface area contributed by atoms with Crippen LogP contribution >= 0.6 is 0 Å². The number of hydrogen-bond acceptors (Lipinski definition) is 5. The maximum atomic E-state index is 10.4. The van der Waals surface area contributed by atoms with Crippen LogP contribution in [0.25, 0.3) is 0 Å². The lowest BCUT2D eigenvalue weighted by Crippen LogP contribution is -2.06. The predicted molar refractivity (Wildman–Crippen MR) is 63.5 cm³/mol. The molecule has 0 spiro atoms. The standard InChI is InChI=1S/C10H13NO5S/c1-16-9-2-3-10(12)8(6-9)7-11-4-5-17(13,14)15/h2-3,6-7,12H,4-5H2,1H3,(H,13,14,15). The van der Waals surface area contributed by atoms with Crippen LogP contribution in [-0.2, 0) is 10.1 Å². The molecule has 0 aromatic heterocycles. The summed E-state index contributed by atoms with van der Waals surface area (Å²) in [4.78, 5) is 3.78. The van der Waals surface area contributed by atoms with Gasteiger partial charge in [0, 0.05) is 11.8 Å². The van der Waals surface area contributed by atoms with E-state index < -0.39 is 15.9 Å². The summed E-state index contributed by atoms with van der Waals surface area (Å²) in [5, 5.41) is 9.48. The van der Waals surface area contributed by atoms with Gasteiger partial charge < -0.3 is 9.84 Å². The van der Waals surface area contributed by atoms with Gasteiger partial charge in [-0.05, 0) is 18.2 Å². The number of aliphatic imine (C=N–C) groups is 1. The lowest BCUT2D eigenvalue weighted by molar-refractivity contribution is 0.412. The van der Waals surface area contributed by atoms with Gasteiger partial charge in [0.2, 0.25) is 0 Å². The maximum Gasteiger partial charge on any atom is 0.266 e. The molecule has 1 aromatic rings. The average molecular weight is 259 g/mol. The quantitative estimate of drug-likeness (QED) is 0.599. The molecule has 0 fully saturated rings. The number of nitrogens with zero attached hydrogens (tertiary/aromatic N) is 1. The van der Waals surface area contributed by atoms with Crippen molar-refractivity contribution >= 4 is 16.3 Å². The molecule has 0 saturated heterocycles. The van der Waals surface area contributed by atoms with Gasteiger partial charge in [0.25, 0.3) is 10.1 Å². The lowest BCUT2D eigenvalue weighted by atomic mass is 10.2. The Morgan fingerprint density at radius 1 is 1.47 bits per heavy atom. The van der Waals surface area contributed by atoms with Gasteiger partial charge in [0.15, 0.2) is 0 Å². The van der Waals surface area contributed by atoms with E-state index in [0.717, 1.165) is 0 Å². The van der Waals surface area contributed by atoms with Crippen molar-refractivity contribution in [3.63, 3.8) is 0 Å². The third-order valence-electron chi connectivity index (χ3n) is 1.94. The molecule has 0 aliphatic rings. The molecule has 2 N–H and O–H groups in total. The Morgan fingerprint density at radius 2 is 2.18 bits per heavy atom. The summed E-state index contributed by atoms with van der Waals surface area (Å²) in [6.45, 7) is -0.0739. The van der Waals surface area contributed by atoms with Crippen molar-refractivity contribution in [1.82, 2.24) is 0 Å². The molecule has 0 saturated carbocycles. The zero-order chi connectivity index (χ0) is 12.9. The van der Waals surface area contributed by atoms with Crippen LogP contribution in [0.3, 0.4) is 0 Å². The number of ether oxygens (including phenoxy) is 1. The van der Waals surface area contributed by atoms with Crippen molar-refractivity contribution in [2.45, 2.75) is 0 Å². The summed E-state index contributed by atoms with van der Waals surface area (Å²) in [6, 6.07) is 4.60. The largest absolute Gasteiger partial charge is 0.507 e. The van der Waals surface area contributed by atoms with E-state index in [9.17, 15) is 13.5 Å². The number of hydrogen-bond donors (Lipinski definition) is 2. The molecular formula is C10H13NO5S. The summed E-state index contributed by atoms with van der Waals surface area (Å²) >= 11 is 0. The Labute approximate surface area is 99.3 Å². The van der Waals surface area contributed by atoms with Gasteiger partial charge in [0.05, 0.1) is 19.4 Å². The Kier molecular flexibility index (Phi) is 4.47. The first kappa shape index (κ1) is 13.5.